The summed E-state index contributed by atoms with van der Waals surface area (Å²) < 4.78 is 0. The van der Waals surface area contributed by atoms with Gasteiger partial charge >= 0.3 is 29.6 Å². The molecule has 2 aromatic carbocycles. The number of carbonyl (C=O) groups is 2. The molecule has 0 atom stereocenters. The topological polar surface area (TPSA) is 54.4 Å². The molecule has 4 heteroatoms. The van der Waals surface area contributed by atoms with Crippen LogP contribution in [-0.4, -0.2) is 46.9 Å². The van der Waals surface area contributed by atoms with E-state index in [0.29, 0.717) is 0 Å². The number of hydrogen-bond acceptors (Lipinski definition) is 2. The fraction of sp³-hybridized carbons (Fsp3) is 0.0769. The van der Waals surface area contributed by atoms with Gasteiger partial charge in [-0.3, -0.25) is 9.59 Å². The van der Waals surface area contributed by atoms with Crippen molar-refractivity contribution in [3.8, 4) is 0 Å². The summed E-state index contributed by atoms with van der Waals surface area (Å²) in [7, 11) is 0. The third kappa shape index (κ3) is 5.13. The number of rotatable bonds is 1. The van der Waals surface area contributed by atoms with Crippen LogP contribution in [0.3, 0.4) is 0 Å². The molecule has 0 bridgehead atoms. The van der Waals surface area contributed by atoms with Gasteiger partial charge in [-0.25, -0.2) is 0 Å². The number of aldehydes is 1. The minimum absolute atomic E-state index is 0. The van der Waals surface area contributed by atoms with E-state index in [1.807, 2.05) is 42.5 Å². The molecule has 2 aromatic rings. The molecule has 0 radical (unpaired) electrons. The van der Waals surface area contributed by atoms with Crippen molar-refractivity contribution in [1.29, 1.82) is 0 Å². The minimum atomic E-state index is -0.833. The van der Waals surface area contributed by atoms with Gasteiger partial charge in [-0.1, -0.05) is 42.5 Å². The van der Waals surface area contributed by atoms with Crippen LogP contribution >= 0.6 is 0 Å². The predicted molar refractivity (Wildman–Crippen MR) is 69.8 cm³/mol. The van der Waals surface area contributed by atoms with Gasteiger partial charge in [0.2, 0.25) is 0 Å². The van der Waals surface area contributed by atoms with Crippen LogP contribution < -0.4 is 0 Å². The van der Waals surface area contributed by atoms with Crippen molar-refractivity contribution >= 4 is 52.6 Å². The molecule has 0 amide bonds. The Morgan fingerprint density at radius 3 is 2.24 bits per heavy atom. The Morgan fingerprint density at radius 1 is 1.12 bits per heavy atom. The van der Waals surface area contributed by atoms with E-state index in [1.165, 1.54) is 0 Å². The number of carboxylic acids is 1. The van der Waals surface area contributed by atoms with Gasteiger partial charge in [0.1, 0.15) is 0 Å². The average molecular weight is 240 g/mol. The van der Waals surface area contributed by atoms with E-state index in [2.05, 4.69) is 0 Å². The maximum atomic E-state index is 10.6. The molecule has 0 aliphatic rings. The Labute approximate surface area is 122 Å². The van der Waals surface area contributed by atoms with Crippen molar-refractivity contribution in [2.24, 2.45) is 0 Å². The molecular formula is C13H13NaO3. The summed E-state index contributed by atoms with van der Waals surface area (Å²) in [5.74, 6) is -0.833. The third-order valence-electron chi connectivity index (χ3n) is 1.95. The van der Waals surface area contributed by atoms with Crippen molar-refractivity contribution in [1.82, 2.24) is 0 Å². The van der Waals surface area contributed by atoms with Crippen LogP contribution in [0.5, 0.6) is 0 Å². The molecule has 0 fully saturated rings. The van der Waals surface area contributed by atoms with Gasteiger partial charge in [-0.15, -0.1) is 0 Å². The monoisotopic (exact) mass is 240 g/mol. The standard InChI is InChI=1S/C11H8O.C2H4O2.Na.H/c12-8-10-6-3-5-9-4-1-2-7-11(9)10;1-2(3)4;;/h1-8H;1H3,(H,3,4);;. The van der Waals surface area contributed by atoms with E-state index in [0.717, 1.165) is 29.5 Å². The van der Waals surface area contributed by atoms with Gasteiger partial charge in [0.25, 0.3) is 5.97 Å². The number of carboxylic acid groups (broad SMARTS) is 1. The summed E-state index contributed by atoms with van der Waals surface area (Å²) in [6.07, 6.45) is 0.891. The zero-order valence-corrected chi connectivity index (χ0v) is 8.88. The van der Waals surface area contributed by atoms with Crippen molar-refractivity contribution in [3.63, 3.8) is 0 Å². The summed E-state index contributed by atoms with van der Waals surface area (Å²) in [4.78, 5) is 19.6. The molecule has 0 heterocycles. The van der Waals surface area contributed by atoms with Gasteiger partial charge in [-0.05, 0) is 10.8 Å². The van der Waals surface area contributed by atoms with E-state index < -0.39 is 5.97 Å². The first-order valence-electron chi connectivity index (χ1n) is 4.77. The van der Waals surface area contributed by atoms with Crippen LogP contribution in [0.2, 0.25) is 0 Å². The SMILES string of the molecule is CC(=O)O.O=Cc1cccc2ccccc12.[NaH]. The molecule has 2 rings (SSSR count). The van der Waals surface area contributed by atoms with Crippen molar-refractivity contribution in [2.75, 3.05) is 0 Å². The van der Waals surface area contributed by atoms with Gasteiger partial charge in [0.05, 0.1) is 0 Å². The number of fused-ring (bicyclic) bond motifs is 1. The Bertz CT molecular complexity index is 499. The Morgan fingerprint density at radius 2 is 1.65 bits per heavy atom. The molecule has 0 unspecified atom stereocenters. The summed E-state index contributed by atoms with van der Waals surface area (Å²) in [6, 6.07) is 13.6. The molecule has 0 saturated carbocycles. The Balaban J connectivity index is 0.000000453. The van der Waals surface area contributed by atoms with Crippen LogP contribution in [0, 0.1) is 0 Å². The van der Waals surface area contributed by atoms with E-state index in [-0.39, 0.29) is 29.6 Å². The fourth-order valence-electron chi connectivity index (χ4n) is 1.35. The quantitative estimate of drug-likeness (QED) is 0.613. The summed E-state index contributed by atoms with van der Waals surface area (Å²) >= 11 is 0. The molecule has 3 nitrogen and oxygen atoms in total. The van der Waals surface area contributed by atoms with Crippen molar-refractivity contribution in [2.45, 2.75) is 6.92 Å². The van der Waals surface area contributed by atoms with E-state index in [9.17, 15) is 4.79 Å². The predicted octanol–water partition coefficient (Wildman–Crippen LogP) is 2.09. The molecule has 0 aromatic heterocycles. The molecule has 0 spiro atoms. The molecule has 1 N–H and O–H groups in total. The van der Waals surface area contributed by atoms with Crippen molar-refractivity contribution in [3.05, 3.63) is 48.0 Å². The number of benzene rings is 2. The molecule has 0 aliphatic carbocycles. The van der Waals surface area contributed by atoms with Gasteiger partial charge < -0.3 is 5.11 Å². The summed E-state index contributed by atoms with van der Waals surface area (Å²) in [5.41, 5.74) is 0.758. The van der Waals surface area contributed by atoms with Crippen LogP contribution in [0.4, 0.5) is 0 Å². The van der Waals surface area contributed by atoms with Gasteiger partial charge in [0, 0.05) is 12.5 Å². The average Bonchev–Trinajstić information content (AvgIpc) is 2.27. The molecule has 84 valence electrons. The number of carbonyl (C=O) groups excluding carboxylic acids is 1. The second kappa shape index (κ2) is 8.01. The maximum absolute atomic E-state index is 10.6. The van der Waals surface area contributed by atoms with Crippen LogP contribution in [-0.2, 0) is 4.79 Å². The van der Waals surface area contributed by atoms with Crippen LogP contribution in [0.15, 0.2) is 42.5 Å². The molecule has 0 saturated heterocycles. The first-order chi connectivity index (χ1) is 7.65. The normalized spacial score (nSPS) is 8.53. The second-order valence-corrected chi connectivity index (χ2v) is 3.21. The fourth-order valence-corrected chi connectivity index (χ4v) is 1.35. The summed E-state index contributed by atoms with van der Waals surface area (Å²) in [5, 5.41) is 9.55. The zero-order valence-electron chi connectivity index (χ0n) is 8.88. The van der Waals surface area contributed by atoms with E-state index >= 15 is 0 Å². The van der Waals surface area contributed by atoms with Crippen molar-refractivity contribution < 1.29 is 14.7 Å². The van der Waals surface area contributed by atoms with E-state index in [1.54, 1.807) is 0 Å². The van der Waals surface area contributed by atoms with Crippen LogP contribution in [0.25, 0.3) is 10.8 Å². The third-order valence-corrected chi connectivity index (χ3v) is 1.95. The Hall–Kier alpha value is -1.16. The van der Waals surface area contributed by atoms with Gasteiger partial charge in [-0.2, -0.15) is 0 Å². The Kier molecular flexibility index (Phi) is 7.46. The van der Waals surface area contributed by atoms with E-state index in [4.69, 9.17) is 9.90 Å². The number of hydrogen-bond donors (Lipinski definition) is 1. The van der Waals surface area contributed by atoms with Crippen LogP contribution in [0.1, 0.15) is 17.3 Å². The number of aliphatic carboxylic acids is 1. The first-order valence-corrected chi connectivity index (χ1v) is 4.77. The molecule has 0 aliphatic heterocycles. The molecule has 17 heavy (non-hydrogen) atoms. The first kappa shape index (κ1) is 15.8. The summed E-state index contributed by atoms with van der Waals surface area (Å²) in [6.45, 7) is 1.08. The zero-order chi connectivity index (χ0) is 12.0. The molecular weight excluding hydrogens is 227 g/mol. The second-order valence-electron chi connectivity index (χ2n) is 3.21. The van der Waals surface area contributed by atoms with Gasteiger partial charge in [0.15, 0.2) is 6.29 Å².